The van der Waals surface area contributed by atoms with Crippen molar-refractivity contribution >= 4 is 0 Å². The predicted molar refractivity (Wildman–Crippen MR) is 59.3 cm³/mol. The lowest BCUT2D eigenvalue weighted by molar-refractivity contribution is 0.181. The van der Waals surface area contributed by atoms with Gasteiger partial charge in [-0.2, -0.15) is 5.10 Å². The summed E-state index contributed by atoms with van der Waals surface area (Å²) in [7, 11) is 1.65. The summed E-state index contributed by atoms with van der Waals surface area (Å²) in [5, 5.41) is 4.32. The second kappa shape index (κ2) is 4.40. The predicted octanol–water partition coefficient (Wildman–Crippen LogP) is 1.43. The Bertz CT molecular complexity index is 472. The van der Waals surface area contributed by atoms with E-state index in [1.807, 2.05) is 32.2 Å². The molecule has 5 heteroatoms. The van der Waals surface area contributed by atoms with Gasteiger partial charge in [-0.3, -0.25) is 0 Å². The van der Waals surface area contributed by atoms with Crippen LogP contribution in [0.2, 0.25) is 0 Å². The highest BCUT2D eigenvalue weighted by Gasteiger charge is 2.04. The van der Waals surface area contributed by atoms with Crippen LogP contribution in [-0.4, -0.2) is 26.9 Å². The number of hydrogen-bond donors (Lipinski definition) is 0. The molecule has 0 spiro atoms. The zero-order chi connectivity index (χ0) is 11.5. The van der Waals surface area contributed by atoms with Crippen LogP contribution in [-0.2, 0) is 11.3 Å². The maximum atomic E-state index is 5.01. The van der Waals surface area contributed by atoms with Gasteiger partial charge < -0.3 is 4.74 Å². The van der Waals surface area contributed by atoms with Crippen LogP contribution < -0.4 is 0 Å². The molecule has 0 aliphatic carbocycles. The van der Waals surface area contributed by atoms with Crippen molar-refractivity contribution in [2.45, 2.75) is 20.5 Å². The zero-order valence-electron chi connectivity index (χ0n) is 9.64. The van der Waals surface area contributed by atoms with E-state index in [9.17, 15) is 0 Å². The molecule has 0 radical (unpaired) electrons. The van der Waals surface area contributed by atoms with Gasteiger partial charge in [0.25, 0.3) is 5.95 Å². The molecule has 0 fully saturated rings. The first-order valence-corrected chi connectivity index (χ1v) is 5.05. The minimum Gasteiger partial charge on any atom is -0.378 e. The maximum absolute atomic E-state index is 5.01. The van der Waals surface area contributed by atoms with Crippen molar-refractivity contribution in [3.63, 3.8) is 0 Å². The molecule has 2 heterocycles. The topological polar surface area (TPSA) is 52.8 Å². The molecule has 0 atom stereocenters. The Morgan fingerprint density at radius 2 is 1.94 bits per heavy atom. The summed E-state index contributed by atoms with van der Waals surface area (Å²) in [5.74, 6) is 0.597. The molecule has 0 saturated heterocycles. The van der Waals surface area contributed by atoms with Crippen LogP contribution in [0, 0.1) is 13.8 Å². The van der Waals surface area contributed by atoms with Gasteiger partial charge in [0.2, 0.25) is 0 Å². The van der Waals surface area contributed by atoms with Crippen LogP contribution in [0.5, 0.6) is 0 Å². The maximum Gasteiger partial charge on any atom is 0.250 e. The molecule has 0 saturated carbocycles. The molecule has 0 bridgehead atoms. The number of aryl methyl sites for hydroxylation is 2. The SMILES string of the molecule is COCc1ccn(-c2nc(C)cc(C)n2)n1. The molecule has 16 heavy (non-hydrogen) atoms. The van der Waals surface area contributed by atoms with Crippen LogP contribution in [0.25, 0.3) is 5.95 Å². The number of nitrogens with zero attached hydrogens (tertiary/aromatic N) is 4. The normalized spacial score (nSPS) is 10.7. The van der Waals surface area contributed by atoms with E-state index in [2.05, 4.69) is 15.1 Å². The number of rotatable bonds is 3. The molecule has 0 amide bonds. The Balaban J connectivity index is 2.34. The first-order valence-electron chi connectivity index (χ1n) is 5.05. The summed E-state index contributed by atoms with van der Waals surface area (Å²) in [6.45, 7) is 4.38. The van der Waals surface area contributed by atoms with Gasteiger partial charge in [0, 0.05) is 24.7 Å². The average molecular weight is 218 g/mol. The average Bonchev–Trinajstić information content (AvgIpc) is 2.65. The minimum atomic E-state index is 0.498. The van der Waals surface area contributed by atoms with Gasteiger partial charge in [0.15, 0.2) is 0 Å². The van der Waals surface area contributed by atoms with E-state index in [-0.39, 0.29) is 0 Å². The highest BCUT2D eigenvalue weighted by Crippen LogP contribution is 2.05. The highest BCUT2D eigenvalue weighted by atomic mass is 16.5. The Labute approximate surface area is 94.1 Å². The molecule has 5 nitrogen and oxygen atoms in total. The van der Waals surface area contributed by atoms with Crippen molar-refractivity contribution in [2.24, 2.45) is 0 Å². The van der Waals surface area contributed by atoms with Gasteiger partial charge in [-0.1, -0.05) is 0 Å². The van der Waals surface area contributed by atoms with Gasteiger partial charge in [-0.15, -0.1) is 0 Å². The summed E-state index contributed by atoms with van der Waals surface area (Å²) in [6, 6.07) is 3.83. The largest absolute Gasteiger partial charge is 0.378 e. The van der Waals surface area contributed by atoms with E-state index in [0.717, 1.165) is 17.1 Å². The lowest BCUT2D eigenvalue weighted by Crippen LogP contribution is -2.04. The van der Waals surface area contributed by atoms with E-state index in [0.29, 0.717) is 12.6 Å². The second-order valence-electron chi connectivity index (χ2n) is 3.64. The third-order valence-electron chi connectivity index (χ3n) is 2.11. The summed E-state index contributed by atoms with van der Waals surface area (Å²) in [5.41, 5.74) is 2.74. The van der Waals surface area contributed by atoms with E-state index in [1.54, 1.807) is 11.8 Å². The number of methoxy groups -OCH3 is 1. The van der Waals surface area contributed by atoms with Crippen molar-refractivity contribution in [3.8, 4) is 5.95 Å². The minimum absolute atomic E-state index is 0.498. The van der Waals surface area contributed by atoms with Crippen molar-refractivity contribution in [1.29, 1.82) is 0 Å². The monoisotopic (exact) mass is 218 g/mol. The molecule has 2 aromatic rings. The molecule has 0 N–H and O–H groups in total. The van der Waals surface area contributed by atoms with E-state index < -0.39 is 0 Å². The zero-order valence-corrected chi connectivity index (χ0v) is 9.64. The third kappa shape index (κ3) is 2.25. The molecule has 0 aliphatic rings. The Kier molecular flexibility index (Phi) is 2.96. The third-order valence-corrected chi connectivity index (χ3v) is 2.11. The van der Waals surface area contributed by atoms with Gasteiger partial charge in [-0.05, 0) is 26.0 Å². The van der Waals surface area contributed by atoms with E-state index >= 15 is 0 Å². The van der Waals surface area contributed by atoms with Gasteiger partial charge >= 0.3 is 0 Å². The van der Waals surface area contributed by atoms with Crippen LogP contribution in [0.15, 0.2) is 18.3 Å². The first kappa shape index (κ1) is 10.8. The van der Waals surface area contributed by atoms with Gasteiger partial charge in [-0.25, -0.2) is 14.6 Å². The van der Waals surface area contributed by atoms with E-state index in [4.69, 9.17) is 4.74 Å². The molecule has 2 rings (SSSR count). The molecule has 0 aromatic carbocycles. The molecule has 84 valence electrons. The fourth-order valence-corrected chi connectivity index (χ4v) is 1.51. The standard InChI is InChI=1S/C11H14N4O/c1-8-6-9(2)13-11(12-8)15-5-4-10(14-15)7-16-3/h4-6H,7H2,1-3H3. The summed E-state index contributed by atoms with van der Waals surface area (Å²) in [6.07, 6.45) is 1.84. The number of aromatic nitrogens is 4. The van der Waals surface area contributed by atoms with Crippen LogP contribution in [0.1, 0.15) is 17.1 Å². The fraction of sp³-hybridized carbons (Fsp3) is 0.364. The quantitative estimate of drug-likeness (QED) is 0.782. The summed E-state index contributed by atoms with van der Waals surface area (Å²) < 4.78 is 6.67. The van der Waals surface area contributed by atoms with Crippen molar-refractivity contribution in [1.82, 2.24) is 19.7 Å². The lowest BCUT2D eigenvalue weighted by Gasteiger charge is -2.02. The molecule has 2 aromatic heterocycles. The van der Waals surface area contributed by atoms with Gasteiger partial charge in [0.05, 0.1) is 12.3 Å². The fourth-order valence-electron chi connectivity index (χ4n) is 1.51. The van der Waals surface area contributed by atoms with Crippen molar-refractivity contribution in [3.05, 3.63) is 35.4 Å². The smallest absolute Gasteiger partial charge is 0.250 e. The van der Waals surface area contributed by atoms with Crippen LogP contribution >= 0.6 is 0 Å². The Morgan fingerprint density at radius 3 is 2.56 bits per heavy atom. The van der Waals surface area contributed by atoms with Crippen molar-refractivity contribution < 1.29 is 4.74 Å². The first-order chi connectivity index (χ1) is 7.69. The summed E-state index contributed by atoms with van der Waals surface area (Å²) >= 11 is 0. The highest BCUT2D eigenvalue weighted by molar-refractivity contribution is 5.18. The number of hydrogen-bond acceptors (Lipinski definition) is 4. The Hall–Kier alpha value is -1.75. The number of ether oxygens (including phenoxy) is 1. The van der Waals surface area contributed by atoms with Gasteiger partial charge in [0.1, 0.15) is 0 Å². The van der Waals surface area contributed by atoms with Crippen molar-refractivity contribution in [2.75, 3.05) is 7.11 Å². The molecular weight excluding hydrogens is 204 g/mol. The lowest BCUT2D eigenvalue weighted by atomic mass is 10.4. The van der Waals surface area contributed by atoms with E-state index in [1.165, 1.54) is 0 Å². The summed E-state index contributed by atoms with van der Waals surface area (Å²) in [4.78, 5) is 8.65. The molecule has 0 unspecified atom stereocenters. The van der Waals surface area contributed by atoms with Crippen LogP contribution in [0.3, 0.4) is 0 Å². The molecule has 0 aliphatic heterocycles. The Morgan fingerprint density at radius 1 is 1.25 bits per heavy atom. The molecular formula is C11H14N4O. The van der Waals surface area contributed by atoms with Crippen LogP contribution in [0.4, 0.5) is 0 Å². The second-order valence-corrected chi connectivity index (χ2v) is 3.64.